The first-order valence-electron chi connectivity index (χ1n) is 9.35. The summed E-state index contributed by atoms with van der Waals surface area (Å²) >= 11 is 0. The zero-order valence-electron chi connectivity index (χ0n) is 15.7. The van der Waals surface area contributed by atoms with Crippen molar-refractivity contribution in [2.24, 2.45) is 7.05 Å². The van der Waals surface area contributed by atoms with Crippen molar-refractivity contribution < 1.29 is 14.3 Å². The number of aromatic nitrogens is 2. The summed E-state index contributed by atoms with van der Waals surface area (Å²) in [6.07, 6.45) is 6.31. The molecule has 0 spiro atoms. The Labute approximate surface area is 158 Å². The zero-order chi connectivity index (χ0) is 19.0. The molecule has 1 aliphatic heterocycles. The molecule has 4 rings (SSSR count). The lowest BCUT2D eigenvalue weighted by molar-refractivity contribution is 0.0706. The number of amides is 2. The van der Waals surface area contributed by atoms with Gasteiger partial charge in [0.05, 0.1) is 24.9 Å². The summed E-state index contributed by atoms with van der Waals surface area (Å²) in [5.41, 5.74) is 2.68. The van der Waals surface area contributed by atoms with Crippen LogP contribution >= 0.6 is 0 Å². The number of pyridine rings is 1. The van der Waals surface area contributed by atoms with E-state index in [0.717, 1.165) is 18.5 Å². The number of ether oxygens (including phenoxy) is 1. The molecular weight excluding hydrogens is 344 g/mol. The Morgan fingerprint density at radius 3 is 2.81 bits per heavy atom. The van der Waals surface area contributed by atoms with Crippen LogP contribution in [-0.2, 0) is 20.1 Å². The minimum Gasteiger partial charge on any atom is -0.481 e. The molecule has 3 heterocycles. The number of nitrogens with one attached hydrogen (secondary N) is 1. The molecule has 1 N–H and O–H groups in total. The van der Waals surface area contributed by atoms with Gasteiger partial charge in [0.1, 0.15) is 5.69 Å². The Bertz CT molecular complexity index is 883. The average molecular weight is 368 g/mol. The van der Waals surface area contributed by atoms with Crippen LogP contribution in [0.15, 0.2) is 24.4 Å². The molecule has 2 amide bonds. The highest BCUT2D eigenvalue weighted by atomic mass is 16.5. The number of hydrogen-bond acceptors (Lipinski definition) is 4. The van der Waals surface area contributed by atoms with Crippen LogP contribution in [0, 0.1) is 0 Å². The number of carbonyl (C=O) groups excluding carboxylic acids is 2. The van der Waals surface area contributed by atoms with Crippen LogP contribution in [0.1, 0.15) is 57.8 Å². The predicted molar refractivity (Wildman–Crippen MR) is 99.5 cm³/mol. The Kier molecular flexibility index (Phi) is 4.59. The molecule has 142 valence electrons. The molecular formula is C20H24N4O3. The lowest BCUT2D eigenvalue weighted by Gasteiger charge is -2.22. The third-order valence-corrected chi connectivity index (χ3v) is 5.53. The van der Waals surface area contributed by atoms with E-state index in [-0.39, 0.29) is 18.4 Å². The molecule has 0 saturated heterocycles. The molecule has 0 radical (unpaired) electrons. The number of methoxy groups -OCH3 is 1. The van der Waals surface area contributed by atoms with E-state index >= 15 is 0 Å². The van der Waals surface area contributed by atoms with E-state index < -0.39 is 0 Å². The van der Waals surface area contributed by atoms with Gasteiger partial charge in [-0.25, -0.2) is 4.98 Å². The Balaban J connectivity index is 1.54. The smallest absolute Gasteiger partial charge is 0.268 e. The molecule has 0 atom stereocenters. The number of hydrogen-bond donors (Lipinski definition) is 1. The van der Waals surface area contributed by atoms with Crippen molar-refractivity contribution in [1.82, 2.24) is 19.8 Å². The van der Waals surface area contributed by atoms with Gasteiger partial charge < -0.3 is 19.5 Å². The van der Waals surface area contributed by atoms with Gasteiger partial charge in [0.2, 0.25) is 5.88 Å². The number of carbonyl (C=O) groups is 2. The number of aryl methyl sites for hydroxylation is 1. The summed E-state index contributed by atoms with van der Waals surface area (Å²) in [5.74, 6) is 0.327. The minimum absolute atomic E-state index is 0.0436. The van der Waals surface area contributed by atoms with Gasteiger partial charge in [0.25, 0.3) is 11.8 Å². The van der Waals surface area contributed by atoms with E-state index in [1.54, 1.807) is 17.7 Å². The van der Waals surface area contributed by atoms with Crippen molar-refractivity contribution in [1.29, 1.82) is 0 Å². The molecule has 2 aliphatic rings. The lowest BCUT2D eigenvalue weighted by atomic mass is 10.1. The SMILES string of the molecule is COc1nc2c(cc1CNC(=O)c1cccn1C)C(=O)N(C1CCCC1)C2. The first-order valence-corrected chi connectivity index (χ1v) is 9.35. The molecule has 27 heavy (non-hydrogen) atoms. The molecule has 0 bridgehead atoms. The highest BCUT2D eigenvalue weighted by molar-refractivity contribution is 5.98. The molecule has 2 aromatic rings. The minimum atomic E-state index is -0.177. The van der Waals surface area contributed by atoms with Crippen molar-refractivity contribution >= 4 is 11.8 Å². The Morgan fingerprint density at radius 2 is 2.15 bits per heavy atom. The second-order valence-electron chi connectivity index (χ2n) is 7.21. The Morgan fingerprint density at radius 1 is 1.37 bits per heavy atom. The average Bonchev–Trinajstić information content (AvgIpc) is 3.40. The topological polar surface area (TPSA) is 76.5 Å². The lowest BCUT2D eigenvalue weighted by Crippen LogP contribution is -2.33. The van der Waals surface area contributed by atoms with Crippen LogP contribution in [0.4, 0.5) is 0 Å². The van der Waals surface area contributed by atoms with E-state index in [4.69, 9.17) is 4.74 Å². The second kappa shape index (κ2) is 7.06. The second-order valence-corrected chi connectivity index (χ2v) is 7.21. The summed E-state index contributed by atoms with van der Waals surface area (Å²) in [6.45, 7) is 0.801. The third kappa shape index (κ3) is 3.18. The van der Waals surface area contributed by atoms with Gasteiger partial charge in [-0.05, 0) is 31.0 Å². The van der Waals surface area contributed by atoms with E-state index in [1.165, 1.54) is 12.8 Å². The highest BCUT2D eigenvalue weighted by Gasteiger charge is 2.35. The van der Waals surface area contributed by atoms with Crippen LogP contribution in [0.5, 0.6) is 5.88 Å². The van der Waals surface area contributed by atoms with Crippen molar-refractivity contribution in [3.63, 3.8) is 0 Å². The maximum atomic E-state index is 12.9. The van der Waals surface area contributed by atoms with Gasteiger partial charge >= 0.3 is 0 Å². The number of nitrogens with zero attached hydrogens (tertiary/aromatic N) is 3. The predicted octanol–water partition coefficient (Wildman–Crippen LogP) is 2.26. The molecule has 2 aromatic heterocycles. The van der Waals surface area contributed by atoms with Gasteiger partial charge in [0, 0.05) is 31.4 Å². The third-order valence-electron chi connectivity index (χ3n) is 5.53. The fourth-order valence-corrected chi connectivity index (χ4v) is 4.04. The largest absolute Gasteiger partial charge is 0.481 e. The van der Waals surface area contributed by atoms with Crippen LogP contribution in [0.2, 0.25) is 0 Å². The first kappa shape index (κ1) is 17.6. The van der Waals surface area contributed by atoms with Crippen LogP contribution < -0.4 is 10.1 Å². The molecule has 0 unspecified atom stereocenters. The van der Waals surface area contributed by atoms with Crippen LogP contribution in [-0.4, -0.2) is 39.4 Å². The summed E-state index contributed by atoms with van der Waals surface area (Å²) in [6, 6.07) is 5.72. The van der Waals surface area contributed by atoms with Crippen molar-refractivity contribution in [3.05, 3.63) is 46.9 Å². The van der Waals surface area contributed by atoms with Crippen molar-refractivity contribution in [2.75, 3.05) is 7.11 Å². The quantitative estimate of drug-likeness (QED) is 0.878. The van der Waals surface area contributed by atoms with Crippen molar-refractivity contribution in [3.8, 4) is 5.88 Å². The summed E-state index contributed by atoms with van der Waals surface area (Å²) in [7, 11) is 3.38. The van der Waals surface area contributed by atoms with Gasteiger partial charge in [-0.2, -0.15) is 0 Å². The monoisotopic (exact) mass is 368 g/mol. The maximum absolute atomic E-state index is 12.9. The molecule has 7 heteroatoms. The van der Waals surface area contributed by atoms with Crippen LogP contribution in [0.3, 0.4) is 0 Å². The first-order chi connectivity index (χ1) is 13.1. The van der Waals surface area contributed by atoms with E-state index in [0.29, 0.717) is 35.3 Å². The van der Waals surface area contributed by atoms with Crippen LogP contribution in [0.25, 0.3) is 0 Å². The van der Waals surface area contributed by atoms with Gasteiger partial charge in [-0.1, -0.05) is 12.8 Å². The number of fused-ring (bicyclic) bond motifs is 1. The van der Waals surface area contributed by atoms with E-state index in [2.05, 4.69) is 10.3 Å². The zero-order valence-corrected chi connectivity index (χ0v) is 15.7. The Hall–Kier alpha value is -2.83. The molecule has 0 aromatic carbocycles. The van der Waals surface area contributed by atoms with Gasteiger partial charge in [0.15, 0.2) is 0 Å². The summed E-state index contributed by atoms with van der Waals surface area (Å²) < 4.78 is 7.18. The van der Waals surface area contributed by atoms with Crippen molar-refractivity contribution in [2.45, 2.75) is 44.8 Å². The molecule has 7 nitrogen and oxygen atoms in total. The standard InChI is InChI=1S/C20H24N4O3/c1-23-9-5-8-17(23)18(25)21-11-13-10-15-16(22-19(13)27-2)12-24(20(15)26)14-6-3-4-7-14/h5,8-10,14H,3-4,6-7,11-12H2,1-2H3,(H,21,25). The normalized spacial score (nSPS) is 16.7. The fraction of sp³-hybridized carbons (Fsp3) is 0.450. The maximum Gasteiger partial charge on any atom is 0.268 e. The summed E-state index contributed by atoms with van der Waals surface area (Å²) in [4.78, 5) is 31.7. The molecule has 1 saturated carbocycles. The summed E-state index contributed by atoms with van der Waals surface area (Å²) in [5, 5.41) is 2.88. The van der Waals surface area contributed by atoms with Gasteiger partial charge in [-0.3, -0.25) is 9.59 Å². The number of rotatable bonds is 5. The van der Waals surface area contributed by atoms with E-state index in [1.807, 2.05) is 30.3 Å². The van der Waals surface area contributed by atoms with Gasteiger partial charge in [-0.15, -0.1) is 0 Å². The highest BCUT2D eigenvalue weighted by Crippen LogP contribution is 2.33. The molecule has 1 aliphatic carbocycles. The van der Waals surface area contributed by atoms with E-state index in [9.17, 15) is 9.59 Å². The molecule has 1 fully saturated rings. The fourth-order valence-electron chi connectivity index (χ4n) is 4.04.